The van der Waals surface area contributed by atoms with E-state index >= 15 is 0 Å². The highest BCUT2D eigenvalue weighted by atomic mass is 19.4. The third-order valence-corrected chi connectivity index (χ3v) is 5.47. The summed E-state index contributed by atoms with van der Waals surface area (Å²) in [5.41, 5.74) is 1.88. The number of carbonyl (C=O) groups is 1. The molecule has 3 heterocycles. The van der Waals surface area contributed by atoms with E-state index in [1.165, 1.54) is 30.7 Å². The van der Waals surface area contributed by atoms with E-state index in [0.29, 0.717) is 29.2 Å². The number of benzene rings is 1. The molecule has 178 valence electrons. The van der Waals surface area contributed by atoms with Crippen molar-refractivity contribution in [2.45, 2.75) is 47.0 Å². The van der Waals surface area contributed by atoms with Crippen LogP contribution in [0.4, 0.5) is 23.2 Å². The second-order valence-corrected chi connectivity index (χ2v) is 8.13. The molecule has 0 saturated carbocycles. The highest BCUT2D eigenvalue weighted by Gasteiger charge is 2.35. The maximum atomic E-state index is 13.5. The van der Waals surface area contributed by atoms with Gasteiger partial charge in [-0.05, 0) is 51.5 Å². The van der Waals surface area contributed by atoms with E-state index in [2.05, 4.69) is 20.5 Å². The highest BCUT2D eigenvalue weighted by Crippen LogP contribution is 2.36. The number of halogens is 4. The lowest BCUT2D eigenvalue weighted by molar-refractivity contribution is -0.136. The van der Waals surface area contributed by atoms with Crippen molar-refractivity contribution in [2.75, 3.05) is 5.32 Å². The molecule has 1 aromatic carbocycles. The topological polar surface area (TPSA) is 77.6 Å². The normalized spacial score (nSPS) is 11.9. The van der Waals surface area contributed by atoms with E-state index < -0.39 is 17.6 Å². The fourth-order valence-corrected chi connectivity index (χ4v) is 3.97. The van der Waals surface area contributed by atoms with Gasteiger partial charge in [-0.1, -0.05) is 12.1 Å². The molecule has 34 heavy (non-hydrogen) atoms. The molecule has 3 aromatic heterocycles. The van der Waals surface area contributed by atoms with Crippen molar-refractivity contribution < 1.29 is 22.4 Å². The van der Waals surface area contributed by atoms with Crippen LogP contribution in [0.1, 0.15) is 33.9 Å². The van der Waals surface area contributed by atoms with Crippen molar-refractivity contribution in [1.82, 2.24) is 24.5 Å². The van der Waals surface area contributed by atoms with Gasteiger partial charge in [0.05, 0.1) is 40.3 Å². The number of amides is 1. The van der Waals surface area contributed by atoms with Crippen LogP contribution >= 0.6 is 0 Å². The number of fused-ring (bicyclic) bond motifs is 1. The van der Waals surface area contributed by atoms with E-state index in [4.69, 9.17) is 0 Å². The minimum Gasteiger partial charge on any atom is -0.321 e. The Hall–Kier alpha value is -3.76. The Kier molecular flexibility index (Phi) is 5.88. The molecule has 7 nitrogen and oxygen atoms in total. The average molecular weight is 474 g/mol. The number of alkyl halides is 3. The predicted molar refractivity (Wildman–Crippen MR) is 118 cm³/mol. The summed E-state index contributed by atoms with van der Waals surface area (Å²) in [5.74, 6) is -0.843. The molecular weight excluding hydrogens is 452 g/mol. The zero-order valence-electron chi connectivity index (χ0n) is 19.0. The second-order valence-electron chi connectivity index (χ2n) is 8.13. The number of aryl methyl sites for hydroxylation is 3. The summed E-state index contributed by atoms with van der Waals surface area (Å²) < 4.78 is 56.9. The molecule has 0 aliphatic rings. The molecule has 0 atom stereocenters. The summed E-state index contributed by atoms with van der Waals surface area (Å²) in [5, 5.41) is 11.2. The zero-order chi connectivity index (χ0) is 24.8. The highest BCUT2D eigenvalue weighted by molar-refractivity contribution is 5.93. The van der Waals surface area contributed by atoms with Crippen molar-refractivity contribution in [3.05, 3.63) is 70.1 Å². The Bertz CT molecular complexity index is 1400. The molecule has 0 bridgehead atoms. The van der Waals surface area contributed by atoms with Gasteiger partial charge in [0.1, 0.15) is 12.4 Å². The van der Waals surface area contributed by atoms with Crippen LogP contribution in [0.15, 0.2) is 30.3 Å². The lowest BCUT2D eigenvalue weighted by atomic mass is 10.1. The van der Waals surface area contributed by atoms with Gasteiger partial charge < -0.3 is 5.32 Å². The Balaban J connectivity index is 1.59. The first-order chi connectivity index (χ1) is 15.9. The van der Waals surface area contributed by atoms with Crippen LogP contribution in [0.2, 0.25) is 0 Å². The van der Waals surface area contributed by atoms with Crippen LogP contribution < -0.4 is 5.32 Å². The summed E-state index contributed by atoms with van der Waals surface area (Å²) in [7, 11) is 0. The molecule has 0 radical (unpaired) electrons. The summed E-state index contributed by atoms with van der Waals surface area (Å²) in [6.45, 7) is 6.38. The van der Waals surface area contributed by atoms with Gasteiger partial charge >= 0.3 is 6.18 Å². The maximum absolute atomic E-state index is 13.5. The fraction of sp³-hybridized carbons (Fsp3) is 0.304. The maximum Gasteiger partial charge on any atom is 0.417 e. The van der Waals surface area contributed by atoms with E-state index in [9.17, 15) is 22.4 Å². The van der Waals surface area contributed by atoms with Gasteiger partial charge in [0.15, 0.2) is 5.65 Å². The average Bonchev–Trinajstić information content (AvgIpc) is 3.17. The summed E-state index contributed by atoms with van der Waals surface area (Å²) >= 11 is 0. The monoisotopic (exact) mass is 474 g/mol. The van der Waals surface area contributed by atoms with Crippen molar-refractivity contribution in [3.8, 4) is 0 Å². The lowest BCUT2D eigenvalue weighted by Gasteiger charge is -2.10. The third kappa shape index (κ3) is 4.50. The number of hydrogen-bond acceptors (Lipinski definition) is 4. The number of pyridine rings is 1. The molecule has 0 spiro atoms. The van der Waals surface area contributed by atoms with Gasteiger partial charge in [-0.15, -0.1) is 0 Å². The van der Waals surface area contributed by atoms with E-state index in [1.54, 1.807) is 30.7 Å². The van der Waals surface area contributed by atoms with Gasteiger partial charge in [-0.25, -0.2) is 14.1 Å². The Morgan fingerprint density at radius 2 is 1.74 bits per heavy atom. The van der Waals surface area contributed by atoms with Crippen molar-refractivity contribution in [3.63, 3.8) is 0 Å². The molecule has 1 N–H and O–H groups in total. The van der Waals surface area contributed by atoms with Gasteiger partial charge in [0.2, 0.25) is 5.91 Å². The second kappa shape index (κ2) is 8.54. The Morgan fingerprint density at radius 3 is 2.41 bits per heavy atom. The fourth-order valence-electron chi connectivity index (χ4n) is 3.97. The van der Waals surface area contributed by atoms with Crippen molar-refractivity contribution in [1.29, 1.82) is 0 Å². The van der Waals surface area contributed by atoms with Crippen LogP contribution in [0.3, 0.4) is 0 Å². The molecule has 0 aliphatic carbocycles. The molecule has 4 rings (SSSR count). The number of rotatable bonds is 5. The summed E-state index contributed by atoms with van der Waals surface area (Å²) in [4.78, 5) is 17.0. The van der Waals surface area contributed by atoms with Gasteiger partial charge in [-0.3, -0.25) is 9.48 Å². The number of nitrogens with zero attached hydrogens (tertiary/aromatic N) is 5. The van der Waals surface area contributed by atoms with Crippen LogP contribution in [-0.4, -0.2) is 30.5 Å². The SMILES string of the molecule is Cc1cc(C(F)(F)F)c2c(C)nn(CC(=O)Nc3c(C)nn(Cc4cccc(F)c4)c3C)c2n1. The Labute approximate surface area is 192 Å². The predicted octanol–water partition coefficient (Wildman–Crippen LogP) is 4.71. The molecule has 0 saturated heterocycles. The first-order valence-corrected chi connectivity index (χ1v) is 10.4. The first-order valence-electron chi connectivity index (χ1n) is 10.4. The lowest BCUT2D eigenvalue weighted by Crippen LogP contribution is -2.20. The van der Waals surface area contributed by atoms with Crippen LogP contribution in [0.25, 0.3) is 11.0 Å². The van der Waals surface area contributed by atoms with Crippen LogP contribution in [-0.2, 0) is 24.1 Å². The standard InChI is InChI=1S/C23H22F4N6O/c1-12-8-18(23(25,26)27)20-13(2)30-33(22(20)28-12)11-19(34)29-21-14(3)31-32(15(21)4)10-16-6-5-7-17(24)9-16/h5-9H,10-11H2,1-4H3,(H,29,34). The molecule has 11 heteroatoms. The molecule has 0 aliphatic heterocycles. The molecule has 0 fully saturated rings. The summed E-state index contributed by atoms with van der Waals surface area (Å²) in [6.07, 6.45) is -4.57. The van der Waals surface area contributed by atoms with Gasteiger partial charge in [0, 0.05) is 5.69 Å². The number of aromatic nitrogens is 5. The smallest absolute Gasteiger partial charge is 0.321 e. The zero-order valence-corrected chi connectivity index (χ0v) is 19.0. The quantitative estimate of drug-likeness (QED) is 0.425. The van der Waals surface area contributed by atoms with Crippen LogP contribution in [0.5, 0.6) is 0 Å². The number of carbonyl (C=O) groups excluding carboxylic acids is 1. The Morgan fingerprint density at radius 1 is 1.03 bits per heavy atom. The van der Waals surface area contributed by atoms with Gasteiger partial charge in [0.25, 0.3) is 0 Å². The van der Waals surface area contributed by atoms with Crippen molar-refractivity contribution >= 4 is 22.6 Å². The largest absolute Gasteiger partial charge is 0.417 e. The van der Waals surface area contributed by atoms with E-state index in [0.717, 1.165) is 6.07 Å². The van der Waals surface area contributed by atoms with E-state index in [1.807, 2.05) is 0 Å². The first kappa shape index (κ1) is 23.4. The van der Waals surface area contributed by atoms with Gasteiger partial charge in [-0.2, -0.15) is 23.4 Å². The van der Waals surface area contributed by atoms with Crippen LogP contribution in [0, 0.1) is 33.5 Å². The van der Waals surface area contributed by atoms with Crippen molar-refractivity contribution in [2.24, 2.45) is 0 Å². The number of nitrogens with one attached hydrogen (secondary N) is 1. The number of anilines is 1. The number of hydrogen-bond donors (Lipinski definition) is 1. The molecule has 4 aromatic rings. The third-order valence-electron chi connectivity index (χ3n) is 5.47. The molecular formula is C23H22F4N6O. The minimum absolute atomic E-state index is 0.00443. The molecule has 1 amide bonds. The van der Waals surface area contributed by atoms with E-state index in [-0.39, 0.29) is 34.8 Å². The molecule has 0 unspecified atom stereocenters. The minimum atomic E-state index is -4.57. The summed E-state index contributed by atoms with van der Waals surface area (Å²) in [6, 6.07) is 7.11.